The van der Waals surface area contributed by atoms with Gasteiger partial charge in [-0.15, -0.1) is 0 Å². The van der Waals surface area contributed by atoms with Crippen molar-refractivity contribution in [3.63, 3.8) is 0 Å². The maximum Gasteiger partial charge on any atom is 0.328 e. The molecule has 0 aliphatic carbocycles. The SMILES string of the molecule is Cc1c(C(C)C)c(=O)[nH]c(=O)n1Cc1cc(N)nc(F)c1. The third-order valence-electron chi connectivity index (χ3n) is 3.30. The number of nitrogens with zero attached hydrogens (tertiary/aromatic N) is 2. The molecule has 0 amide bonds. The van der Waals surface area contributed by atoms with E-state index < -0.39 is 11.6 Å². The summed E-state index contributed by atoms with van der Waals surface area (Å²) in [4.78, 5) is 29.6. The number of aromatic nitrogens is 3. The molecule has 2 aromatic heterocycles. The minimum Gasteiger partial charge on any atom is -0.384 e. The van der Waals surface area contributed by atoms with Gasteiger partial charge in [0.15, 0.2) is 0 Å². The average molecular weight is 292 g/mol. The molecule has 0 saturated heterocycles. The molecule has 2 rings (SSSR count). The molecule has 0 aromatic carbocycles. The largest absolute Gasteiger partial charge is 0.384 e. The van der Waals surface area contributed by atoms with E-state index in [9.17, 15) is 14.0 Å². The Morgan fingerprint density at radius 1 is 1.38 bits per heavy atom. The van der Waals surface area contributed by atoms with E-state index in [1.54, 1.807) is 6.92 Å². The number of nitrogen functional groups attached to an aromatic ring is 1. The fourth-order valence-corrected chi connectivity index (χ4v) is 2.41. The Morgan fingerprint density at radius 2 is 2.05 bits per heavy atom. The van der Waals surface area contributed by atoms with Crippen LogP contribution in [0.1, 0.15) is 36.6 Å². The number of aromatic amines is 1. The fraction of sp³-hybridized carbons (Fsp3) is 0.357. The number of hydrogen-bond donors (Lipinski definition) is 2. The molecular formula is C14H17FN4O2. The Hall–Kier alpha value is -2.44. The molecular weight excluding hydrogens is 275 g/mol. The highest BCUT2D eigenvalue weighted by molar-refractivity contribution is 5.33. The van der Waals surface area contributed by atoms with Crippen LogP contribution in [-0.4, -0.2) is 14.5 Å². The molecule has 7 heteroatoms. The zero-order valence-corrected chi connectivity index (χ0v) is 12.1. The van der Waals surface area contributed by atoms with Crippen molar-refractivity contribution < 1.29 is 4.39 Å². The van der Waals surface area contributed by atoms with Crippen LogP contribution in [0.5, 0.6) is 0 Å². The molecule has 6 nitrogen and oxygen atoms in total. The molecule has 0 atom stereocenters. The number of anilines is 1. The van der Waals surface area contributed by atoms with E-state index in [1.807, 2.05) is 13.8 Å². The third kappa shape index (κ3) is 3.01. The van der Waals surface area contributed by atoms with Gasteiger partial charge in [0.05, 0.1) is 6.54 Å². The van der Waals surface area contributed by atoms with E-state index in [1.165, 1.54) is 16.7 Å². The van der Waals surface area contributed by atoms with Crippen molar-refractivity contribution in [1.29, 1.82) is 0 Å². The van der Waals surface area contributed by atoms with Crippen LogP contribution in [0.3, 0.4) is 0 Å². The van der Waals surface area contributed by atoms with E-state index in [4.69, 9.17) is 5.73 Å². The number of nitrogens with two attached hydrogens (primary N) is 1. The van der Waals surface area contributed by atoms with Gasteiger partial charge in [-0.1, -0.05) is 13.8 Å². The molecule has 112 valence electrons. The summed E-state index contributed by atoms with van der Waals surface area (Å²) >= 11 is 0. The molecule has 0 radical (unpaired) electrons. The van der Waals surface area contributed by atoms with Gasteiger partial charge in [0.2, 0.25) is 5.95 Å². The van der Waals surface area contributed by atoms with E-state index in [0.717, 1.165) is 0 Å². The molecule has 2 aromatic rings. The summed E-state index contributed by atoms with van der Waals surface area (Å²) in [5.74, 6) is -0.687. The van der Waals surface area contributed by atoms with Crippen LogP contribution in [0.15, 0.2) is 21.7 Å². The fourth-order valence-electron chi connectivity index (χ4n) is 2.41. The summed E-state index contributed by atoms with van der Waals surface area (Å²) in [6, 6.07) is 2.71. The lowest BCUT2D eigenvalue weighted by Gasteiger charge is -2.15. The van der Waals surface area contributed by atoms with Crippen LogP contribution < -0.4 is 17.0 Å². The first-order valence-corrected chi connectivity index (χ1v) is 6.55. The molecule has 0 aliphatic heterocycles. The zero-order valence-electron chi connectivity index (χ0n) is 12.1. The van der Waals surface area contributed by atoms with Gasteiger partial charge in [-0.05, 0) is 30.5 Å². The number of rotatable bonds is 3. The Morgan fingerprint density at radius 3 is 2.62 bits per heavy atom. The lowest BCUT2D eigenvalue weighted by atomic mass is 10.0. The van der Waals surface area contributed by atoms with Crippen molar-refractivity contribution in [3.8, 4) is 0 Å². The van der Waals surface area contributed by atoms with Gasteiger partial charge in [-0.3, -0.25) is 14.3 Å². The van der Waals surface area contributed by atoms with Crippen LogP contribution in [0.25, 0.3) is 0 Å². The molecule has 0 saturated carbocycles. The summed E-state index contributed by atoms with van der Waals surface area (Å²) in [5, 5.41) is 0. The van der Waals surface area contributed by atoms with Crippen molar-refractivity contribution in [1.82, 2.24) is 14.5 Å². The van der Waals surface area contributed by atoms with Gasteiger partial charge in [0, 0.05) is 11.3 Å². The molecule has 21 heavy (non-hydrogen) atoms. The van der Waals surface area contributed by atoms with E-state index in [0.29, 0.717) is 16.8 Å². The smallest absolute Gasteiger partial charge is 0.328 e. The second kappa shape index (κ2) is 5.51. The summed E-state index contributed by atoms with van der Waals surface area (Å²) < 4.78 is 14.7. The molecule has 0 fully saturated rings. The molecule has 2 heterocycles. The number of H-pyrrole nitrogens is 1. The highest BCUT2D eigenvalue weighted by atomic mass is 19.1. The van der Waals surface area contributed by atoms with Crippen molar-refractivity contribution in [2.75, 3.05) is 5.73 Å². The lowest BCUT2D eigenvalue weighted by molar-refractivity contribution is 0.579. The molecule has 0 bridgehead atoms. The lowest BCUT2D eigenvalue weighted by Crippen LogP contribution is -2.35. The van der Waals surface area contributed by atoms with Gasteiger partial charge >= 0.3 is 5.69 Å². The number of nitrogens with one attached hydrogen (secondary N) is 1. The van der Waals surface area contributed by atoms with Crippen LogP contribution in [0.2, 0.25) is 0 Å². The first-order chi connectivity index (χ1) is 9.79. The summed E-state index contributed by atoms with van der Waals surface area (Å²) in [5.41, 5.74) is 6.19. The normalized spacial score (nSPS) is 11.1. The summed E-state index contributed by atoms with van der Waals surface area (Å²) in [6.45, 7) is 5.56. The Balaban J connectivity index is 2.57. The molecule has 3 N–H and O–H groups in total. The van der Waals surface area contributed by atoms with Crippen molar-refractivity contribution in [3.05, 3.63) is 55.7 Å². The number of hydrogen-bond acceptors (Lipinski definition) is 4. The van der Waals surface area contributed by atoms with Gasteiger partial charge in [-0.25, -0.2) is 9.78 Å². The monoisotopic (exact) mass is 292 g/mol. The van der Waals surface area contributed by atoms with Gasteiger partial charge in [-0.2, -0.15) is 4.39 Å². The average Bonchev–Trinajstić information content (AvgIpc) is 2.32. The quantitative estimate of drug-likeness (QED) is 0.829. The van der Waals surface area contributed by atoms with E-state index in [2.05, 4.69) is 9.97 Å². The molecule has 0 unspecified atom stereocenters. The molecule has 0 aliphatic rings. The van der Waals surface area contributed by atoms with Crippen molar-refractivity contribution in [2.45, 2.75) is 33.2 Å². The predicted molar refractivity (Wildman–Crippen MR) is 77.9 cm³/mol. The number of pyridine rings is 1. The molecule has 0 spiro atoms. The zero-order chi connectivity index (χ0) is 15.7. The third-order valence-corrected chi connectivity index (χ3v) is 3.30. The Bertz CT molecular complexity index is 772. The first-order valence-electron chi connectivity index (χ1n) is 6.55. The van der Waals surface area contributed by atoms with Crippen LogP contribution in [0.4, 0.5) is 10.2 Å². The maximum absolute atomic E-state index is 13.3. The second-order valence-electron chi connectivity index (χ2n) is 5.22. The van der Waals surface area contributed by atoms with E-state index in [-0.39, 0.29) is 23.8 Å². The second-order valence-corrected chi connectivity index (χ2v) is 5.22. The van der Waals surface area contributed by atoms with Crippen molar-refractivity contribution in [2.24, 2.45) is 0 Å². The summed E-state index contributed by atoms with van der Waals surface area (Å²) in [6.07, 6.45) is 0. The van der Waals surface area contributed by atoms with E-state index >= 15 is 0 Å². The van der Waals surface area contributed by atoms with Gasteiger partial charge in [0.25, 0.3) is 5.56 Å². The van der Waals surface area contributed by atoms with Crippen LogP contribution in [0, 0.1) is 12.9 Å². The predicted octanol–water partition coefficient (Wildman–Crippen LogP) is 1.13. The van der Waals surface area contributed by atoms with Crippen LogP contribution in [-0.2, 0) is 6.54 Å². The first kappa shape index (κ1) is 15.0. The standard InChI is InChI=1S/C14H17FN4O2/c1-7(2)12-8(3)19(14(21)18-13(12)20)6-9-4-10(15)17-11(16)5-9/h4-5,7H,6H2,1-3H3,(H2,16,17)(H,18,20,21). The van der Waals surface area contributed by atoms with Gasteiger partial charge in [0.1, 0.15) is 5.82 Å². The summed E-state index contributed by atoms with van der Waals surface area (Å²) in [7, 11) is 0. The van der Waals surface area contributed by atoms with Crippen LogP contribution >= 0.6 is 0 Å². The minimum absolute atomic E-state index is 0.0279. The number of halogens is 1. The highest BCUT2D eigenvalue weighted by Gasteiger charge is 2.14. The van der Waals surface area contributed by atoms with Crippen molar-refractivity contribution >= 4 is 5.82 Å². The highest BCUT2D eigenvalue weighted by Crippen LogP contribution is 2.14. The minimum atomic E-state index is -0.704. The Labute approximate surface area is 120 Å². The van der Waals surface area contributed by atoms with Gasteiger partial charge < -0.3 is 5.73 Å². The Kier molecular flexibility index (Phi) is 3.93. The topological polar surface area (TPSA) is 93.8 Å². The maximum atomic E-state index is 13.3.